The molecule has 0 atom stereocenters. The summed E-state index contributed by atoms with van der Waals surface area (Å²) in [7, 11) is 1.63. The van der Waals surface area contributed by atoms with E-state index in [1.807, 2.05) is 36.4 Å². The number of fused-ring (bicyclic) bond motifs is 1. The quantitative estimate of drug-likeness (QED) is 0.699. The van der Waals surface area contributed by atoms with Crippen molar-refractivity contribution >= 4 is 34.0 Å². The molecule has 0 aliphatic rings. The van der Waals surface area contributed by atoms with Crippen molar-refractivity contribution in [3.8, 4) is 5.75 Å². The van der Waals surface area contributed by atoms with E-state index in [1.54, 1.807) is 13.2 Å². The largest absolute Gasteiger partial charge is 0.496 e. The first kappa shape index (κ1) is 16.1. The van der Waals surface area contributed by atoms with Crippen molar-refractivity contribution in [3.63, 3.8) is 0 Å². The molecule has 0 heterocycles. The first-order valence-electron chi connectivity index (χ1n) is 7.41. The lowest BCUT2D eigenvalue weighted by Gasteiger charge is -2.15. The van der Waals surface area contributed by atoms with E-state index < -0.39 is 5.97 Å². The molecule has 0 radical (unpaired) electrons. The van der Waals surface area contributed by atoms with E-state index in [9.17, 15) is 4.79 Å². The average molecular weight is 342 g/mol. The van der Waals surface area contributed by atoms with Crippen LogP contribution < -0.4 is 10.1 Å². The van der Waals surface area contributed by atoms with Crippen molar-refractivity contribution < 1.29 is 14.6 Å². The molecule has 0 aromatic heterocycles. The molecule has 3 aromatic carbocycles. The summed E-state index contributed by atoms with van der Waals surface area (Å²) in [6.07, 6.45) is 0. The number of rotatable bonds is 5. The van der Waals surface area contributed by atoms with E-state index in [-0.39, 0.29) is 5.56 Å². The number of aromatic carboxylic acids is 1. The molecular weight excluding hydrogens is 326 g/mol. The molecule has 0 bridgehead atoms. The Morgan fingerprint density at radius 1 is 1.17 bits per heavy atom. The highest BCUT2D eigenvalue weighted by Crippen LogP contribution is 2.30. The van der Waals surface area contributed by atoms with Crippen LogP contribution in [0, 0.1) is 0 Å². The van der Waals surface area contributed by atoms with Gasteiger partial charge in [0.15, 0.2) is 0 Å². The van der Waals surface area contributed by atoms with Crippen molar-refractivity contribution in [2.45, 2.75) is 6.54 Å². The van der Waals surface area contributed by atoms with E-state index in [2.05, 4.69) is 5.32 Å². The van der Waals surface area contributed by atoms with Gasteiger partial charge in [0.05, 0.1) is 23.4 Å². The lowest BCUT2D eigenvalue weighted by atomic mass is 10.0. The fourth-order valence-electron chi connectivity index (χ4n) is 2.67. The Bertz CT molecular complexity index is 908. The number of hydrogen-bond donors (Lipinski definition) is 2. The van der Waals surface area contributed by atoms with Crippen molar-refractivity contribution in [3.05, 3.63) is 70.7 Å². The SMILES string of the molecule is COc1ccc2ccccc2c1CNc1cc(C(=O)O)ccc1Cl. The van der Waals surface area contributed by atoms with Gasteiger partial charge in [-0.25, -0.2) is 4.79 Å². The van der Waals surface area contributed by atoms with Crippen LogP contribution in [0.5, 0.6) is 5.75 Å². The molecule has 122 valence electrons. The number of halogens is 1. The van der Waals surface area contributed by atoms with Gasteiger partial charge in [-0.2, -0.15) is 0 Å². The van der Waals surface area contributed by atoms with Crippen molar-refractivity contribution in [2.24, 2.45) is 0 Å². The van der Waals surface area contributed by atoms with Crippen molar-refractivity contribution in [1.82, 2.24) is 0 Å². The van der Waals surface area contributed by atoms with Crippen LogP contribution in [0.4, 0.5) is 5.69 Å². The third kappa shape index (κ3) is 3.14. The summed E-state index contributed by atoms with van der Waals surface area (Å²) in [5.41, 5.74) is 1.76. The number of carboxylic acid groups (broad SMARTS) is 1. The maximum atomic E-state index is 11.1. The van der Waals surface area contributed by atoms with E-state index in [0.717, 1.165) is 22.1 Å². The Labute approximate surface area is 144 Å². The number of anilines is 1. The molecule has 0 saturated carbocycles. The fraction of sp³-hybridized carbons (Fsp3) is 0.105. The molecule has 0 spiro atoms. The lowest BCUT2D eigenvalue weighted by Crippen LogP contribution is -2.05. The summed E-state index contributed by atoms with van der Waals surface area (Å²) in [6, 6.07) is 16.6. The lowest BCUT2D eigenvalue weighted by molar-refractivity contribution is 0.0697. The number of benzene rings is 3. The molecule has 2 N–H and O–H groups in total. The van der Waals surface area contributed by atoms with Gasteiger partial charge in [-0.05, 0) is 35.0 Å². The van der Waals surface area contributed by atoms with Gasteiger partial charge in [0.25, 0.3) is 0 Å². The van der Waals surface area contributed by atoms with Crippen LogP contribution >= 0.6 is 11.6 Å². The van der Waals surface area contributed by atoms with Gasteiger partial charge in [0.2, 0.25) is 0 Å². The second kappa shape index (κ2) is 6.81. The van der Waals surface area contributed by atoms with Crippen molar-refractivity contribution in [2.75, 3.05) is 12.4 Å². The molecule has 0 aliphatic carbocycles. The second-order valence-corrected chi connectivity index (χ2v) is 5.73. The number of carboxylic acids is 1. The number of carbonyl (C=O) groups is 1. The maximum Gasteiger partial charge on any atom is 0.335 e. The Morgan fingerprint density at radius 2 is 1.96 bits per heavy atom. The van der Waals surface area contributed by atoms with Crippen LogP contribution in [0.1, 0.15) is 15.9 Å². The third-order valence-electron chi connectivity index (χ3n) is 3.89. The molecule has 3 aromatic rings. The second-order valence-electron chi connectivity index (χ2n) is 5.32. The molecule has 0 unspecified atom stereocenters. The Balaban J connectivity index is 1.96. The van der Waals surface area contributed by atoms with Crippen LogP contribution in [0.2, 0.25) is 5.02 Å². The molecule has 0 saturated heterocycles. The monoisotopic (exact) mass is 341 g/mol. The predicted molar refractivity (Wildman–Crippen MR) is 96.2 cm³/mol. The Hall–Kier alpha value is -2.72. The topological polar surface area (TPSA) is 58.6 Å². The highest BCUT2D eigenvalue weighted by atomic mass is 35.5. The molecule has 3 rings (SSSR count). The molecule has 4 nitrogen and oxygen atoms in total. The van der Waals surface area contributed by atoms with E-state index in [1.165, 1.54) is 12.1 Å². The van der Waals surface area contributed by atoms with Gasteiger partial charge in [-0.3, -0.25) is 0 Å². The molecular formula is C19H16ClNO3. The number of ether oxygens (including phenoxy) is 1. The van der Waals surface area contributed by atoms with E-state index >= 15 is 0 Å². The normalized spacial score (nSPS) is 10.6. The van der Waals surface area contributed by atoms with Crippen LogP contribution in [0.25, 0.3) is 10.8 Å². The zero-order valence-corrected chi connectivity index (χ0v) is 13.8. The van der Waals surface area contributed by atoms with Gasteiger partial charge in [-0.1, -0.05) is 41.9 Å². The first-order valence-corrected chi connectivity index (χ1v) is 7.79. The van der Waals surface area contributed by atoms with Crippen LogP contribution in [0.3, 0.4) is 0 Å². The van der Waals surface area contributed by atoms with Crippen LogP contribution in [0.15, 0.2) is 54.6 Å². The molecule has 0 aliphatic heterocycles. The summed E-state index contributed by atoms with van der Waals surface area (Å²) in [5.74, 6) is -0.218. The van der Waals surface area contributed by atoms with Crippen molar-refractivity contribution in [1.29, 1.82) is 0 Å². The summed E-state index contributed by atoms with van der Waals surface area (Å²) >= 11 is 6.17. The summed E-state index contributed by atoms with van der Waals surface area (Å²) < 4.78 is 5.47. The number of hydrogen-bond acceptors (Lipinski definition) is 3. The standard InChI is InChI=1S/C19H16ClNO3/c1-24-18-9-7-12-4-2-3-5-14(12)15(18)11-21-17-10-13(19(22)23)6-8-16(17)20/h2-10,21H,11H2,1H3,(H,22,23). The van der Waals surface area contributed by atoms with Gasteiger partial charge >= 0.3 is 5.97 Å². The van der Waals surface area contributed by atoms with Gasteiger partial charge in [-0.15, -0.1) is 0 Å². The smallest absolute Gasteiger partial charge is 0.335 e. The molecule has 0 amide bonds. The average Bonchev–Trinajstić information content (AvgIpc) is 2.60. The Kier molecular flexibility index (Phi) is 4.58. The molecule has 0 fully saturated rings. The highest BCUT2D eigenvalue weighted by molar-refractivity contribution is 6.33. The first-order chi connectivity index (χ1) is 11.6. The summed E-state index contributed by atoms with van der Waals surface area (Å²) in [6.45, 7) is 0.466. The zero-order chi connectivity index (χ0) is 17.1. The fourth-order valence-corrected chi connectivity index (χ4v) is 2.85. The van der Waals surface area contributed by atoms with Crippen LogP contribution in [-0.4, -0.2) is 18.2 Å². The van der Waals surface area contributed by atoms with E-state index in [4.69, 9.17) is 21.4 Å². The predicted octanol–water partition coefficient (Wildman–Crippen LogP) is 4.81. The van der Waals surface area contributed by atoms with Crippen LogP contribution in [-0.2, 0) is 6.54 Å². The number of methoxy groups -OCH3 is 1. The maximum absolute atomic E-state index is 11.1. The summed E-state index contributed by atoms with van der Waals surface area (Å²) in [5, 5.41) is 15.0. The highest BCUT2D eigenvalue weighted by Gasteiger charge is 2.11. The molecule has 24 heavy (non-hydrogen) atoms. The van der Waals surface area contributed by atoms with Gasteiger partial charge in [0.1, 0.15) is 5.75 Å². The third-order valence-corrected chi connectivity index (χ3v) is 4.22. The number of nitrogens with one attached hydrogen (secondary N) is 1. The Morgan fingerprint density at radius 3 is 2.71 bits per heavy atom. The molecule has 5 heteroatoms. The minimum atomic E-state index is -0.988. The van der Waals surface area contributed by atoms with E-state index in [0.29, 0.717) is 17.3 Å². The summed E-state index contributed by atoms with van der Waals surface area (Å²) in [4.78, 5) is 11.1. The zero-order valence-electron chi connectivity index (χ0n) is 13.0. The minimum absolute atomic E-state index is 0.187. The minimum Gasteiger partial charge on any atom is -0.496 e. The van der Waals surface area contributed by atoms with Gasteiger partial charge in [0, 0.05) is 12.1 Å². The van der Waals surface area contributed by atoms with Gasteiger partial charge < -0.3 is 15.2 Å².